The fraction of sp³-hybridized carbons (Fsp3) is 0.533. The van der Waals surface area contributed by atoms with Crippen molar-refractivity contribution in [1.29, 1.82) is 0 Å². The summed E-state index contributed by atoms with van der Waals surface area (Å²) in [6, 6.07) is 4.35. The zero-order valence-electron chi connectivity index (χ0n) is 12.6. The van der Waals surface area contributed by atoms with E-state index in [1.165, 1.54) is 12.8 Å². The van der Waals surface area contributed by atoms with Crippen molar-refractivity contribution >= 4 is 23.4 Å². The second-order valence-corrected chi connectivity index (χ2v) is 7.08. The summed E-state index contributed by atoms with van der Waals surface area (Å²) in [5.74, 6) is 2.10. The minimum atomic E-state index is 0.441. The highest BCUT2D eigenvalue weighted by Crippen LogP contribution is 2.40. The summed E-state index contributed by atoms with van der Waals surface area (Å²) in [6.45, 7) is 1.09. The monoisotopic (exact) mass is 352 g/mol. The molecule has 0 radical (unpaired) electrons. The van der Waals surface area contributed by atoms with Crippen LogP contribution in [-0.4, -0.2) is 33.4 Å². The highest BCUT2D eigenvalue weighted by Gasteiger charge is 2.22. The molecule has 0 saturated heterocycles. The van der Waals surface area contributed by atoms with Gasteiger partial charge in [-0.1, -0.05) is 36.2 Å². The molecule has 1 aromatic heterocycles. The minimum absolute atomic E-state index is 0.441. The predicted octanol–water partition coefficient (Wildman–Crippen LogP) is 3.51. The Morgan fingerprint density at radius 2 is 2.04 bits per heavy atom. The molecule has 0 amide bonds. The van der Waals surface area contributed by atoms with Crippen molar-refractivity contribution in [3.8, 4) is 11.5 Å². The second kappa shape index (κ2) is 6.57. The number of fused-ring (bicyclic) bond motifs is 1. The van der Waals surface area contributed by atoms with Crippen LogP contribution in [0.4, 0.5) is 0 Å². The third kappa shape index (κ3) is 3.12. The van der Waals surface area contributed by atoms with Crippen LogP contribution in [-0.2, 0) is 5.75 Å². The van der Waals surface area contributed by atoms with Gasteiger partial charge in [-0.15, -0.1) is 5.10 Å². The average molecular weight is 353 g/mol. The van der Waals surface area contributed by atoms with E-state index in [1.54, 1.807) is 11.8 Å². The van der Waals surface area contributed by atoms with Crippen LogP contribution in [0.3, 0.4) is 0 Å². The quantitative estimate of drug-likeness (QED) is 0.785. The van der Waals surface area contributed by atoms with E-state index in [0.717, 1.165) is 35.1 Å². The number of hydrogen-bond donors (Lipinski definition) is 0. The summed E-state index contributed by atoms with van der Waals surface area (Å²) >= 11 is 7.91. The van der Waals surface area contributed by atoms with Crippen molar-refractivity contribution in [1.82, 2.24) is 20.2 Å². The van der Waals surface area contributed by atoms with E-state index in [-0.39, 0.29) is 0 Å². The van der Waals surface area contributed by atoms with Crippen LogP contribution in [0.2, 0.25) is 5.02 Å². The van der Waals surface area contributed by atoms with Crippen LogP contribution in [0.15, 0.2) is 17.3 Å². The first-order chi connectivity index (χ1) is 11.3. The number of hydrogen-bond acceptors (Lipinski definition) is 6. The molecule has 6 nitrogen and oxygen atoms in total. The smallest absolute Gasteiger partial charge is 0.209 e. The number of tetrazole rings is 1. The molecule has 0 bridgehead atoms. The van der Waals surface area contributed by atoms with E-state index < -0.39 is 0 Å². The van der Waals surface area contributed by atoms with E-state index in [9.17, 15) is 0 Å². The second-order valence-electron chi connectivity index (χ2n) is 5.73. The molecule has 1 aliphatic heterocycles. The molecule has 2 aliphatic rings. The summed E-state index contributed by atoms with van der Waals surface area (Å²) in [4.78, 5) is 0. The summed E-state index contributed by atoms with van der Waals surface area (Å²) in [5.41, 5.74) is 1.07. The first-order valence-electron chi connectivity index (χ1n) is 7.80. The average Bonchev–Trinajstić information content (AvgIpc) is 3.24. The van der Waals surface area contributed by atoms with Crippen LogP contribution >= 0.6 is 23.4 Å². The normalized spacial score (nSPS) is 17.6. The lowest BCUT2D eigenvalue weighted by atomic mass is 10.2. The van der Waals surface area contributed by atoms with Gasteiger partial charge < -0.3 is 9.47 Å². The molecule has 1 aromatic carbocycles. The van der Waals surface area contributed by atoms with Gasteiger partial charge in [0.1, 0.15) is 13.2 Å². The number of halogens is 1. The molecule has 0 N–H and O–H groups in total. The van der Waals surface area contributed by atoms with Gasteiger partial charge in [-0.2, -0.15) is 0 Å². The Morgan fingerprint density at radius 1 is 1.22 bits per heavy atom. The number of benzene rings is 1. The zero-order valence-corrected chi connectivity index (χ0v) is 14.1. The van der Waals surface area contributed by atoms with Gasteiger partial charge in [0.15, 0.2) is 11.5 Å². The van der Waals surface area contributed by atoms with Crippen LogP contribution in [0.5, 0.6) is 11.5 Å². The molecular weight excluding hydrogens is 336 g/mol. The van der Waals surface area contributed by atoms with Gasteiger partial charge in [-0.3, -0.25) is 0 Å². The molecule has 1 saturated carbocycles. The lowest BCUT2D eigenvalue weighted by Gasteiger charge is -2.20. The minimum Gasteiger partial charge on any atom is -0.486 e. The fourth-order valence-corrected chi connectivity index (χ4v) is 4.22. The first-order valence-corrected chi connectivity index (χ1v) is 9.16. The third-order valence-electron chi connectivity index (χ3n) is 4.16. The summed E-state index contributed by atoms with van der Waals surface area (Å²) in [7, 11) is 0. The Kier molecular flexibility index (Phi) is 4.31. The molecule has 0 atom stereocenters. The maximum atomic E-state index is 6.28. The van der Waals surface area contributed by atoms with Gasteiger partial charge in [0.25, 0.3) is 0 Å². The van der Waals surface area contributed by atoms with E-state index in [2.05, 4.69) is 15.5 Å². The Labute approximate surface area is 143 Å². The van der Waals surface area contributed by atoms with Gasteiger partial charge in [0, 0.05) is 5.75 Å². The molecule has 0 unspecified atom stereocenters. The van der Waals surface area contributed by atoms with Gasteiger partial charge in [0.05, 0.1) is 11.1 Å². The van der Waals surface area contributed by atoms with Gasteiger partial charge in [0.2, 0.25) is 5.16 Å². The van der Waals surface area contributed by atoms with E-state index in [1.807, 2.05) is 16.8 Å². The topological polar surface area (TPSA) is 62.1 Å². The maximum absolute atomic E-state index is 6.28. The molecule has 1 aliphatic carbocycles. The summed E-state index contributed by atoms with van der Waals surface area (Å²) in [5, 5.41) is 13.6. The first kappa shape index (κ1) is 15.1. The third-order valence-corrected chi connectivity index (χ3v) is 5.44. The standard InChI is InChI=1S/C15H17ClN4O2S/c16-12-7-10(8-13-14(12)22-6-5-21-13)9-23-15-17-18-19-20(15)11-3-1-2-4-11/h7-8,11H,1-6,9H2. The van der Waals surface area contributed by atoms with Crippen molar-refractivity contribution < 1.29 is 9.47 Å². The Bertz CT molecular complexity index is 703. The number of ether oxygens (including phenoxy) is 2. The van der Waals surface area contributed by atoms with Crippen LogP contribution in [0.25, 0.3) is 0 Å². The Hall–Kier alpha value is -1.47. The molecule has 23 heavy (non-hydrogen) atoms. The number of nitrogens with zero attached hydrogens (tertiary/aromatic N) is 4. The lowest BCUT2D eigenvalue weighted by molar-refractivity contribution is 0.171. The fourth-order valence-electron chi connectivity index (χ4n) is 3.05. The molecule has 8 heteroatoms. The largest absolute Gasteiger partial charge is 0.486 e. The summed E-state index contributed by atoms with van der Waals surface area (Å²) in [6.07, 6.45) is 4.84. The Balaban J connectivity index is 1.49. The number of rotatable bonds is 4. The highest BCUT2D eigenvalue weighted by molar-refractivity contribution is 7.98. The van der Waals surface area contributed by atoms with Crippen molar-refractivity contribution in [2.75, 3.05) is 13.2 Å². The van der Waals surface area contributed by atoms with Crippen molar-refractivity contribution in [3.05, 3.63) is 22.7 Å². The van der Waals surface area contributed by atoms with E-state index in [4.69, 9.17) is 21.1 Å². The van der Waals surface area contributed by atoms with Gasteiger partial charge in [-0.05, 0) is 41.0 Å². The molecule has 0 spiro atoms. The molecule has 122 valence electrons. The van der Waals surface area contributed by atoms with Gasteiger partial charge in [-0.25, -0.2) is 4.68 Å². The van der Waals surface area contributed by atoms with Crippen molar-refractivity contribution in [2.24, 2.45) is 0 Å². The molecule has 4 rings (SSSR count). The predicted molar refractivity (Wildman–Crippen MR) is 87.3 cm³/mol. The van der Waals surface area contributed by atoms with Crippen molar-refractivity contribution in [3.63, 3.8) is 0 Å². The molecule has 2 aromatic rings. The number of thioether (sulfide) groups is 1. The Morgan fingerprint density at radius 3 is 2.91 bits per heavy atom. The lowest BCUT2D eigenvalue weighted by Crippen LogP contribution is -2.15. The SMILES string of the molecule is Clc1cc(CSc2nnnn2C2CCCC2)cc2c1OCCO2. The zero-order chi connectivity index (χ0) is 15.6. The van der Waals surface area contributed by atoms with Crippen LogP contribution < -0.4 is 9.47 Å². The molecule has 1 fully saturated rings. The van der Waals surface area contributed by atoms with E-state index >= 15 is 0 Å². The summed E-state index contributed by atoms with van der Waals surface area (Å²) < 4.78 is 13.1. The highest BCUT2D eigenvalue weighted by atomic mass is 35.5. The van der Waals surface area contributed by atoms with Crippen molar-refractivity contribution in [2.45, 2.75) is 42.6 Å². The van der Waals surface area contributed by atoms with E-state index in [0.29, 0.717) is 30.0 Å². The van der Waals surface area contributed by atoms with Gasteiger partial charge >= 0.3 is 0 Å². The molecular formula is C15H17ClN4O2S. The molecule has 2 heterocycles. The van der Waals surface area contributed by atoms with Crippen LogP contribution in [0.1, 0.15) is 37.3 Å². The number of aromatic nitrogens is 4. The van der Waals surface area contributed by atoms with Crippen LogP contribution in [0, 0.1) is 0 Å². The maximum Gasteiger partial charge on any atom is 0.209 e.